The van der Waals surface area contributed by atoms with Gasteiger partial charge in [0.15, 0.2) is 0 Å². The first-order valence-corrected chi connectivity index (χ1v) is 6.47. The number of carboxylic acid groups (broad SMARTS) is 1. The van der Waals surface area contributed by atoms with Crippen LogP contribution in [0.15, 0.2) is 0 Å². The molecule has 6 heteroatoms. The molecule has 1 aliphatic heterocycles. The van der Waals surface area contributed by atoms with Crippen LogP contribution >= 0.6 is 0 Å². The Labute approximate surface area is 112 Å². The summed E-state index contributed by atoms with van der Waals surface area (Å²) in [6.07, 6.45) is 0.736. The van der Waals surface area contributed by atoms with Gasteiger partial charge < -0.3 is 19.9 Å². The molecule has 0 aromatic heterocycles. The van der Waals surface area contributed by atoms with Gasteiger partial charge in [0.2, 0.25) is 5.91 Å². The molecule has 2 N–H and O–H groups in total. The standard InChI is InChI=1S/C13H21NO5/c1-12(2)8(9(12)11(16)17)10(15)14-6-13(18-3)4-5-19-7-13/h8-9H,4-7H2,1-3H3,(H,14,15)(H,16,17). The normalized spacial score (nSPS) is 35.9. The van der Waals surface area contributed by atoms with Gasteiger partial charge in [-0.3, -0.25) is 9.59 Å². The lowest BCUT2D eigenvalue weighted by molar-refractivity contribution is -0.140. The molecule has 3 unspecified atom stereocenters. The number of ether oxygens (including phenoxy) is 2. The van der Waals surface area contributed by atoms with Crippen LogP contribution in [0.4, 0.5) is 0 Å². The van der Waals surface area contributed by atoms with Gasteiger partial charge in [-0.05, 0) is 5.41 Å². The zero-order chi connectivity index (χ0) is 14.3. The van der Waals surface area contributed by atoms with Gasteiger partial charge in [0, 0.05) is 26.7 Å². The molecule has 19 heavy (non-hydrogen) atoms. The van der Waals surface area contributed by atoms with Crippen molar-refractivity contribution in [2.24, 2.45) is 17.3 Å². The first-order chi connectivity index (χ1) is 8.84. The summed E-state index contributed by atoms with van der Waals surface area (Å²) in [4.78, 5) is 23.1. The number of amides is 1. The zero-order valence-electron chi connectivity index (χ0n) is 11.6. The van der Waals surface area contributed by atoms with Crippen LogP contribution in [0.5, 0.6) is 0 Å². The van der Waals surface area contributed by atoms with Crippen LogP contribution in [0.25, 0.3) is 0 Å². The molecule has 0 spiro atoms. The third kappa shape index (κ3) is 2.47. The lowest BCUT2D eigenvalue weighted by Crippen LogP contribution is -2.45. The fourth-order valence-corrected chi connectivity index (χ4v) is 2.91. The summed E-state index contributed by atoms with van der Waals surface area (Å²) in [5.74, 6) is -2.16. The highest BCUT2D eigenvalue weighted by Gasteiger charge is 2.65. The molecule has 2 fully saturated rings. The predicted molar refractivity (Wildman–Crippen MR) is 66.6 cm³/mol. The maximum absolute atomic E-state index is 12.1. The largest absolute Gasteiger partial charge is 0.481 e. The second kappa shape index (κ2) is 4.76. The monoisotopic (exact) mass is 271 g/mol. The van der Waals surface area contributed by atoms with E-state index in [9.17, 15) is 9.59 Å². The first kappa shape index (κ1) is 14.3. The molecule has 1 heterocycles. The summed E-state index contributed by atoms with van der Waals surface area (Å²) in [5.41, 5.74) is -0.935. The number of rotatable bonds is 5. The van der Waals surface area contributed by atoms with Crippen molar-refractivity contribution in [2.45, 2.75) is 25.9 Å². The van der Waals surface area contributed by atoms with E-state index in [2.05, 4.69) is 5.32 Å². The van der Waals surface area contributed by atoms with Crippen molar-refractivity contribution in [3.05, 3.63) is 0 Å². The van der Waals surface area contributed by atoms with Gasteiger partial charge >= 0.3 is 5.97 Å². The maximum Gasteiger partial charge on any atom is 0.307 e. The number of carbonyl (C=O) groups is 2. The van der Waals surface area contributed by atoms with Gasteiger partial charge in [-0.15, -0.1) is 0 Å². The minimum absolute atomic E-state index is 0.208. The molecule has 0 aromatic carbocycles. The smallest absolute Gasteiger partial charge is 0.307 e. The molecule has 1 saturated heterocycles. The summed E-state index contributed by atoms with van der Waals surface area (Å²) >= 11 is 0. The SMILES string of the molecule is COC1(CNC(=O)C2C(C(=O)O)C2(C)C)CCOC1. The minimum Gasteiger partial charge on any atom is -0.481 e. The fourth-order valence-electron chi connectivity index (χ4n) is 2.91. The lowest BCUT2D eigenvalue weighted by atomic mass is 10.0. The highest BCUT2D eigenvalue weighted by Crippen LogP contribution is 2.58. The molecular formula is C13H21NO5. The van der Waals surface area contributed by atoms with Crippen molar-refractivity contribution in [3.63, 3.8) is 0 Å². The number of hydrogen-bond acceptors (Lipinski definition) is 4. The van der Waals surface area contributed by atoms with Crippen LogP contribution in [0.3, 0.4) is 0 Å². The van der Waals surface area contributed by atoms with Crippen LogP contribution < -0.4 is 5.32 Å². The number of nitrogens with one attached hydrogen (secondary N) is 1. The fraction of sp³-hybridized carbons (Fsp3) is 0.846. The van der Waals surface area contributed by atoms with Crippen LogP contribution in [0, 0.1) is 17.3 Å². The van der Waals surface area contributed by atoms with Crippen LogP contribution in [0.1, 0.15) is 20.3 Å². The van der Waals surface area contributed by atoms with Crippen LogP contribution in [-0.4, -0.2) is 49.5 Å². The highest BCUT2D eigenvalue weighted by molar-refractivity contribution is 5.91. The minimum atomic E-state index is -0.907. The number of carboxylic acids is 1. The molecule has 0 aromatic rings. The average Bonchev–Trinajstić information content (AvgIpc) is 2.74. The summed E-state index contributed by atoms with van der Waals surface area (Å²) < 4.78 is 10.7. The van der Waals surface area contributed by atoms with E-state index in [4.69, 9.17) is 14.6 Å². The lowest BCUT2D eigenvalue weighted by Gasteiger charge is -2.26. The van der Waals surface area contributed by atoms with Gasteiger partial charge in [0.25, 0.3) is 0 Å². The summed E-state index contributed by atoms with van der Waals surface area (Å²) in [7, 11) is 1.60. The van der Waals surface area contributed by atoms with Crippen molar-refractivity contribution in [2.75, 3.05) is 26.9 Å². The van der Waals surface area contributed by atoms with E-state index in [1.807, 2.05) is 0 Å². The predicted octanol–water partition coefficient (Wildman–Crippen LogP) is 0.265. The summed E-state index contributed by atoms with van der Waals surface area (Å²) in [6, 6.07) is 0. The second-order valence-corrected chi connectivity index (χ2v) is 6.02. The van der Waals surface area contributed by atoms with Gasteiger partial charge in [-0.1, -0.05) is 13.8 Å². The third-order valence-corrected chi connectivity index (χ3v) is 4.46. The average molecular weight is 271 g/mol. The van der Waals surface area contributed by atoms with E-state index < -0.39 is 28.8 Å². The Morgan fingerprint density at radius 2 is 2.11 bits per heavy atom. The van der Waals surface area contributed by atoms with Crippen molar-refractivity contribution in [1.82, 2.24) is 5.32 Å². The maximum atomic E-state index is 12.1. The van der Waals surface area contributed by atoms with Crippen molar-refractivity contribution < 1.29 is 24.2 Å². The molecule has 108 valence electrons. The van der Waals surface area contributed by atoms with Crippen molar-refractivity contribution in [1.29, 1.82) is 0 Å². The molecule has 2 aliphatic rings. The molecule has 6 nitrogen and oxygen atoms in total. The summed E-state index contributed by atoms with van der Waals surface area (Å²) in [6.45, 7) is 5.05. The first-order valence-electron chi connectivity index (χ1n) is 6.47. The molecule has 1 aliphatic carbocycles. The van der Waals surface area contributed by atoms with Crippen LogP contribution in [0.2, 0.25) is 0 Å². The number of carbonyl (C=O) groups excluding carboxylic acids is 1. The van der Waals surface area contributed by atoms with E-state index in [0.29, 0.717) is 19.8 Å². The molecule has 2 rings (SSSR count). The second-order valence-electron chi connectivity index (χ2n) is 6.02. The van der Waals surface area contributed by atoms with E-state index in [-0.39, 0.29) is 5.91 Å². The Kier molecular flexibility index (Phi) is 3.57. The van der Waals surface area contributed by atoms with Gasteiger partial charge in [0.1, 0.15) is 5.60 Å². The van der Waals surface area contributed by atoms with E-state index >= 15 is 0 Å². The van der Waals surface area contributed by atoms with Crippen molar-refractivity contribution >= 4 is 11.9 Å². The van der Waals surface area contributed by atoms with E-state index in [0.717, 1.165) is 6.42 Å². The Balaban J connectivity index is 1.91. The van der Waals surface area contributed by atoms with Gasteiger partial charge in [0.05, 0.1) is 18.4 Å². The number of hydrogen-bond donors (Lipinski definition) is 2. The van der Waals surface area contributed by atoms with E-state index in [1.165, 1.54) is 0 Å². The Bertz CT molecular complexity index is 386. The Morgan fingerprint density at radius 3 is 2.53 bits per heavy atom. The quantitative estimate of drug-likeness (QED) is 0.749. The number of aliphatic carboxylic acids is 1. The Hall–Kier alpha value is -1.14. The van der Waals surface area contributed by atoms with Gasteiger partial charge in [-0.25, -0.2) is 0 Å². The zero-order valence-corrected chi connectivity index (χ0v) is 11.6. The molecule has 3 atom stereocenters. The molecule has 0 bridgehead atoms. The molecular weight excluding hydrogens is 250 g/mol. The summed E-state index contributed by atoms with van der Waals surface area (Å²) in [5, 5.41) is 11.9. The third-order valence-electron chi connectivity index (χ3n) is 4.46. The molecule has 1 saturated carbocycles. The topological polar surface area (TPSA) is 84.9 Å². The molecule has 0 radical (unpaired) electrons. The van der Waals surface area contributed by atoms with Crippen molar-refractivity contribution in [3.8, 4) is 0 Å². The van der Waals surface area contributed by atoms with Crippen LogP contribution in [-0.2, 0) is 19.1 Å². The number of methoxy groups -OCH3 is 1. The van der Waals surface area contributed by atoms with E-state index in [1.54, 1.807) is 21.0 Å². The van der Waals surface area contributed by atoms with Gasteiger partial charge in [-0.2, -0.15) is 0 Å². The highest BCUT2D eigenvalue weighted by atomic mass is 16.5. The molecule has 1 amide bonds. The Morgan fingerprint density at radius 1 is 1.42 bits per heavy atom.